The van der Waals surface area contributed by atoms with Crippen molar-refractivity contribution < 1.29 is 19.4 Å². The molecule has 1 fully saturated rings. The van der Waals surface area contributed by atoms with Crippen molar-refractivity contribution in [3.63, 3.8) is 0 Å². The molecule has 0 atom stereocenters. The minimum Gasteiger partial charge on any atom is -0.504 e. The molecule has 5 nitrogen and oxygen atoms in total. The molecule has 106 valence electrons. The number of phenols is 1. The molecule has 1 aliphatic rings. The maximum Gasteiger partial charge on any atom is 0.293 e. The molecule has 0 spiro atoms. The number of benzene rings is 1. The normalized spacial score (nSPS) is 17.1. The molecule has 0 saturated carbocycles. The topological polar surface area (TPSA) is 66.8 Å². The Balaban J connectivity index is 2.41. The third kappa shape index (κ3) is 2.69. The number of halogens is 1. The van der Waals surface area contributed by atoms with E-state index in [1.807, 2.05) is 0 Å². The van der Waals surface area contributed by atoms with Gasteiger partial charge in [-0.15, -0.1) is 0 Å². The van der Waals surface area contributed by atoms with E-state index >= 15 is 0 Å². The Labute approximate surface area is 128 Å². The Bertz CT molecular complexity index is 615. The van der Waals surface area contributed by atoms with E-state index in [1.54, 1.807) is 19.1 Å². The Hall–Kier alpha value is -1.47. The highest BCUT2D eigenvalue weighted by atomic mass is 79.9. The predicted molar refractivity (Wildman–Crippen MR) is 80.7 cm³/mol. The van der Waals surface area contributed by atoms with Gasteiger partial charge in [-0.3, -0.25) is 14.5 Å². The lowest BCUT2D eigenvalue weighted by molar-refractivity contribution is -0.122. The summed E-state index contributed by atoms with van der Waals surface area (Å²) >= 11 is 4.21. The van der Waals surface area contributed by atoms with E-state index in [4.69, 9.17) is 4.74 Å². The summed E-state index contributed by atoms with van der Waals surface area (Å²) in [7, 11) is 1.44. The largest absolute Gasteiger partial charge is 0.504 e. The SMILES string of the molecule is CCN1C(=O)S/C(=C/c2cc(OC)c(O)cc2Br)C1=O. The van der Waals surface area contributed by atoms with Crippen molar-refractivity contribution in [2.75, 3.05) is 13.7 Å². The number of likely N-dealkylation sites (N-methyl/N-ethyl adjacent to an activating group) is 1. The summed E-state index contributed by atoms with van der Waals surface area (Å²) in [6.07, 6.45) is 1.60. The standard InChI is InChI=1S/C13H12BrNO4S/c1-3-15-12(17)11(20-13(15)18)5-7-4-10(19-2)9(16)6-8(7)14/h4-6,16H,3H2,1-2H3/b11-5+. The van der Waals surface area contributed by atoms with E-state index in [0.29, 0.717) is 27.2 Å². The average Bonchev–Trinajstić information content (AvgIpc) is 2.67. The van der Waals surface area contributed by atoms with Gasteiger partial charge in [0.05, 0.1) is 12.0 Å². The van der Waals surface area contributed by atoms with E-state index in [1.165, 1.54) is 18.1 Å². The lowest BCUT2D eigenvalue weighted by atomic mass is 10.2. The highest BCUT2D eigenvalue weighted by molar-refractivity contribution is 9.10. The summed E-state index contributed by atoms with van der Waals surface area (Å²) in [6.45, 7) is 2.10. The minimum atomic E-state index is -0.304. The van der Waals surface area contributed by atoms with Crippen LogP contribution >= 0.6 is 27.7 Å². The zero-order chi connectivity index (χ0) is 14.9. The molecule has 0 unspecified atom stereocenters. The molecule has 1 saturated heterocycles. The van der Waals surface area contributed by atoms with Crippen LogP contribution in [0.3, 0.4) is 0 Å². The molecule has 1 aliphatic heterocycles. The summed E-state index contributed by atoms with van der Waals surface area (Å²) in [4.78, 5) is 25.2. The van der Waals surface area contributed by atoms with Crippen molar-refractivity contribution in [2.45, 2.75) is 6.92 Å². The predicted octanol–water partition coefficient (Wildman–Crippen LogP) is 3.22. The Morgan fingerprint density at radius 1 is 1.45 bits per heavy atom. The number of thioether (sulfide) groups is 1. The number of amides is 2. The van der Waals surface area contributed by atoms with E-state index in [-0.39, 0.29) is 16.9 Å². The Kier molecular flexibility index (Phi) is 4.39. The number of carbonyl (C=O) groups excluding carboxylic acids is 2. The van der Waals surface area contributed by atoms with Crippen molar-refractivity contribution in [1.82, 2.24) is 4.90 Å². The van der Waals surface area contributed by atoms with E-state index < -0.39 is 0 Å². The van der Waals surface area contributed by atoms with Crippen LogP contribution in [0.5, 0.6) is 11.5 Å². The highest BCUT2D eigenvalue weighted by Gasteiger charge is 2.33. The number of hydrogen-bond donors (Lipinski definition) is 1. The van der Waals surface area contributed by atoms with E-state index in [2.05, 4.69) is 15.9 Å². The maximum atomic E-state index is 12.0. The quantitative estimate of drug-likeness (QED) is 0.841. The van der Waals surface area contributed by atoms with Gasteiger partial charge in [0.15, 0.2) is 11.5 Å². The molecular formula is C13H12BrNO4S. The molecule has 1 aromatic rings. The summed E-state index contributed by atoms with van der Waals surface area (Å²) in [5, 5.41) is 9.37. The fourth-order valence-corrected chi connectivity index (χ4v) is 3.09. The van der Waals surface area contributed by atoms with Crippen molar-refractivity contribution in [2.24, 2.45) is 0 Å². The second-order valence-corrected chi connectivity index (χ2v) is 5.82. The molecule has 0 bridgehead atoms. The summed E-state index contributed by atoms with van der Waals surface area (Å²) < 4.78 is 5.64. The minimum absolute atomic E-state index is 0.00168. The number of carbonyl (C=O) groups is 2. The number of imide groups is 1. The van der Waals surface area contributed by atoms with Gasteiger partial charge in [0.1, 0.15) is 0 Å². The lowest BCUT2D eigenvalue weighted by Crippen LogP contribution is -2.27. The van der Waals surface area contributed by atoms with Gasteiger partial charge in [-0.05, 0) is 42.5 Å². The van der Waals surface area contributed by atoms with Crippen LogP contribution in [0.15, 0.2) is 21.5 Å². The first-order chi connectivity index (χ1) is 9.47. The first kappa shape index (κ1) is 14.9. The average molecular weight is 358 g/mol. The molecular weight excluding hydrogens is 346 g/mol. The summed E-state index contributed by atoms with van der Waals surface area (Å²) in [5.74, 6) is -0.00574. The van der Waals surface area contributed by atoms with Gasteiger partial charge in [0.25, 0.3) is 11.1 Å². The van der Waals surface area contributed by atoms with Gasteiger partial charge in [-0.25, -0.2) is 0 Å². The van der Waals surface area contributed by atoms with Crippen LogP contribution in [0, 0.1) is 0 Å². The van der Waals surface area contributed by atoms with Crippen LogP contribution in [-0.4, -0.2) is 34.8 Å². The zero-order valence-corrected chi connectivity index (χ0v) is 13.2. The van der Waals surface area contributed by atoms with Crippen LogP contribution in [-0.2, 0) is 4.79 Å². The van der Waals surface area contributed by atoms with Crippen LogP contribution in [0.1, 0.15) is 12.5 Å². The van der Waals surface area contributed by atoms with Gasteiger partial charge >= 0.3 is 0 Å². The summed E-state index contributed by atoms with van der Waals surface area (Å²) in [6, 6.07) is 3.08. The number of methoxy groups -OCH3 is 1. The smallest absolute Gasteiger partial charge is 0.293 e. The number of aromatic hydroxyl groups is 1. The molecule has 7 heteroatoms. The molecule has 0 radical (unpaired) electrons. The van der Waals surface area contributed by atoms with Crippen LogP contribution in [0.4, 0.5) is 4.79 Å². The van der Waals surface area contributed by atoms with Crippen molar-refractivity contribution in [1.29, 1.82) is 0 Å². The second kappa shape index (κ2) is 5.88. The van der Waals surface area contributed by atoms with E-state index in [0.717, 1.165) is 11.8 Å². The van der Waals surface area contributed by atoms with Crippen molar-refractivity contribution in [3.8, 4) is 11.5 Å². The van der Waals surface area contributed by atoms with Gasteiger partial charge in [0, 0.05) is 11.0 Å². The lowest BCUT2D eigenvalue weighted by Gasteiger charge is -2.08. The molecule has 1 aromatic carbocycles. The Morgan fingerprint density at radius 2 is 2.15 bits per heavy atom. The maximum absolute atomic E-state index is 12.0. The molecule has 0 aromatic heterocycles. The van der Waals surface area contributed by atoms with Crippen LogP contribution in [0.25, 0.3) is 6.08 Å². The number of phenolic OH excluding ortho intramolecular Hbond substituents is 1. The van der Waals surface area contributed by atoms with E-state index in [9.17, 15) is 14.7 Å². The first-order valence-electron chi connectivity index (χ1n) is 5.79. The molecule has 20 heavy (non-hydrogen) atoms. The molecule has 1 heterocycles. The fourth-order valence-electron chi connectivity index (χ4n) is 1.75. The third-order valence-corrected chi connectivity index (χ3v) is 4.37. The first-order valence-corrected chi connectivity index (χ1v) is 7.40. The second-order valence-electron chi connectivity index (χ2n) is 3.97. The fraction of sp³-hybridized carbons (Fsp3) is 0.231. The summed E-state index contributed by atoms with van der Waals surface area (Å²) in [5.41, 5.74) is 0.654. The molecule has 2 amide bonds. The number of hydrogen-bond acceptors (Lipinski definition) is 5. The number of nitrogens with zero attached hydrogens (tertiary/aromatic N) is 1. The highest BCUT2D eigenvalue weighted by Crippen LogP contribution is 2.37. The number of ether oxygens (including phenoxy) is 1. The monoisotopic (exact) mass is 357 g/mol. The Morgan fingerprint density at radius 3 is 2.70 bits per heavy atom. The third-order valence-electron chi connectivity index (χ3n) is 2.77. The van der Waals surface area contributed by atoms with Gasteiger partial charge < -0.3 is 9.84 Å². The molecule has 1 N–H and O–H groups in total. The van der Waals surface area contributed by atoms with Crippen LogP contribution in [0.2, 0.25) is 0 Å². The van der Waals surface area contributed by atoms with Gasteiger partial charge in [0.2, 0.25) is 0 Å². The zero-order valence-electron chi connectivity index (χ0n) is 10.8. The van der Waals surface area contributed by atoms with Crippen molar-refractivity contribution >= 4 is 44.9 Å². The van der Waals surface area contributed by atoms with Gasteiger partial charge in [-0.2, -0.15) is 0 Å². The molecule has 0 aliphatic carbocycles. The van der Waals surface area contributed by atoms with Crippen LogP contribution < -0.4 is 4.74 Å². The number of rotatable bonds is 3. The van der Waals surface area contributed by atoms with Gasteiger partial charge in [-0.1, -0.05) is 15.9 Å². The molecule has 2 rings (SSSR count). The van der Waals surface area contributed by atoms with Crippen molar-refractivity contribution in [3.05, 3.63) is 27.1 Å².